The van der Waals surface area contributed by atoms with Crippen molar-refractivity contribution in [2.75, 3.05) is 19.4 Å². The number of hydrazine groups is 2. The molecule has 6 N–H and O–H groups in total. The molecule has 1 amide bonds. The third-order valence-corrected chi connectivity index (χ3v) is 8.57. The van der Waals surface area contributed by atoms with Crippen molar-refractivity contribution in [3.63, 3.8) is 0 Å². The molecule has 1 fully saturated rings. The first-order valence-corrected chi connectivity index (χ1v) is 11.2. The van der Waals surface area contributed by atoms with E-state index in [4.69, 9.17) is 23.5 Å². The molecule has 0 atom stereocenters. The number of hydrogen-bond donors (Lipinski definition) is 4. The summed E-state index contributed by atoms with van der Waals surface area (Å²) in [5.41, 5.74) is -2.35. The molecule has 28 heavy (non-hydrogen) atoms. The Morgan fingerprint density at radius 2 is 1.46 bits per heavy atom. The van der Waals surface area contributed by atoms with Gasteiger partial charge in [0.1, 0.15) is 11.3 Å². The number of benzene rings is 1. The normalized spacial score (nSPS) is 15.9. The van der Waals surface area contributed by atoms with Gasteiger partial charge in [0, 0.05) is 20.1 Å². The highest BCUT2D eigenvalue weighted by Gasteiger charge is 2.34. The van der Waals surface area contributed by atoms with Gasteiger partial charge in [-0.25, -0.2) is 17.6 Å². The Bertz CT molecular complexity index is 762. The van der Waals surface area contributed by atoms with E-state index in [2.05, 4.69) is 10.4 Å². The summed E-state index contributed by atoms with van der Waals surface area (Å²) in [5.74, 6) is 2.66. The molecule has 2 rings (SSSR count). The zero-order valence-corrected chi connectivity index (χ0v) is 17.1. The van der Waals surface area contributed by atoms with Crippen LogP contribution >= 0.6 is 6.49 Å². The van der Waals surface area contributed by atoms with E-state index in [0.29, 0.717) is 12.8 Å². The summed E-state index contributed by atoms with van der Waals surface area (Å²) in [5, 5.41) is 4.62. The summed E-state index contributed by atoms with van der Waals surface area (Å²) < 4.78 is 59.7. The van der Waals surface area contributed by atoms with E-state index in [1.165, 1.54) is 14.1 Å². The Hall–Kier alpha value is -1.30. The fourth-order valence-corrected chi connectivity index (χ4v) is 4.36. The highest BCUT2D eigenvalue weighted by Crippen LogP contribution is 2.43. The lowest BCUT2D eigenvalue weighted by atomic mass is 9.95. The number of nitrogens with zero attached hydrogens (tertiary/aromatic N) is 2. The van der Waals surface area contributed by atoms with Gasteiger partial charge in [0.05, 0.1) is 0 Å². The van der Waals surface area contributed by atoms with Gasteiger partial charge in [-0.1, -0.05) is 19.3 Å². The number of halogens is 4. The van der Waals surface area contributed by atoms with Crippen LogP contribution < -0.4 is 22.1 Å². The first kappa shape index (κ1) is 23.0. The molecule has 0 unspecified atom stereocenters. The van der Waals surface area contributed by atoms with Gasteiger partial charge in [-0.3, -0.25) is 21.6 Å². The number of hydrogen-bond acceptors (Lipinski definition) is 5. The molecule has 1 aliphatic rings. The van der Waals surface area contributed by atoms with Crippen molar-refractivity contribution < 1.29 is 22.4 Å². The van der Waals surface area contributed by atoms with Crippen LogP contribution in [-0.4, -0.2) is 35.6 Å². The lowest BCUT2D eigenvalue weighted by Gasteiger charge is -2.33. The molecule has 0 spiro atoms. The number of rotatable bonds is 6. The first-order chi connectivity index (χ1) is 13.0. The van der Waals surface area contributed by atoms with Crippen molar-refractivity contribution >= 4 is 29.9 Å². The summed E-state index contributed by atoms with van der Waals surface area (Å²) in [6.07, 6.45) is 3.92. The lowest BCUT2D eigenvalue weighted by Crippen LogP contribution is -2.43. The molecule has 0 aromatic heterocycles. The van der Waals surface area contributed by atoms with E-state index in [9.17, 15) is 22.4 Å². The summed E-state index contributed by atoms with van der Waals surface area (Å²) in [7, 11) is 2.57. The van der Waals surface area contributed by atoms with E-state index < -0.39 is 46.9 Å². The number of nitrogens with two attached hydrogens (primary N) is 2. The van der Waals surface area contributed by atoms with Crippen LogP contribution in [0.5, 0.6) is 0 Å². The molecule has 0 bridgehead atoms. The molecular formula is C15H23F4N6OPS. The Morgan fingerprint density at radius 3 is 1.89 bits per heavy atom. The summed E-state index contributed by atoms with van der Waals surface area (Å²) >= 11 is 5.15. The van der Waals surface area contributed by atoms with Crippen molar-refractivity contribution in [2.24, 2.45) is 11.7 Å². The van der Waals surface area contributed by atoms with Gasteiger partial charge in [0.15, 0.2) is 29.8 Å². The van der Waals surface area contributed by atoms with Crippen molar-refractivity contribution in [1.29, 1.82) is 0 Å². The molecule has 158 valence electrons. The van der Waals surface area contributed by atoms with Crippen molar-refractivity contribution in [1.82, 2.24) is 14.6 Å². The van der Waals surface area contributed by atoms with Crippen LogP contribution in [0.4, 0.5) is 23.2 Å². The smallest absolute Gasteiger partial charge is 0.263 e. The average Bonchev–Trinajstić information content (AvgIpc) is 2.64. The van der Waals surface area contributed by atoms with Crippen LogP contribution in [-0.2, 0) is 11.8 Å². The molecule has 1 aliphatic carbocycles. The number of anilines is 1. The van der Waals surface area contributed by atoms with Crippen LogP contribution in [0.2, 0.25) is 0 Å². The molecular weight excluding hydrogens is 419 g/mol. The number of nitrogens with one attached hydrogen (secondary N) is 2. The van der Waals surface area contributed by atoms with Gasteiger partial charge in [0.2, 0.25) is 0 Å². The predicted molar refractivity (Wildman–Crippen MR) is 102 cm³/mol. The zero-order chi connectivity index (χ0) is 21.2. The molecule has 13 heteroatoms. The highest BCUT2D eigenvalue weighted by atomic mass is 32.4. The van der Waals surface area contributed by atoms with Crippen molar-refractivity contribution in [3.8, 4) is 0 Å². The third-order valence-electron chi connectivity index (χ3n) is 4.55. The molecule has 0 heterocycles. The Labute approximate surface area is 165 Å². The van der Waals surface area contributed by atoms with E-state index in [0.717, 1.165) is 28.8 Å². The van der Waals surface area contributed by atoms with Crippen molar-refractivity contribution in [3.05, 3.63) is 28.8 Å². The van der Waals surface area contributed by atoms with Crippen LogP contribution in [0.15, 0.2) is 0 Å². The zero-order valence-electron chi connectivity index (χ0n) is 15.4. The predicted octanol–water partition coefficient (Wildman–Crippen LogP) is 2.55. The highest BCUT2D eigenvalue weighted by molar-refractivity contribution is 8.11. The molecule has 1 saturated carbocycles. The molecule has 1 aromatic rings. The number of carbonyl (C=O) groups excluding carboxylic acids is 1. The van der Waals surface area contributed by atoms with Gasteiger partial charge in [-0.05, 0) is 24.6 Å². The average molecular weight is 442 g/mol. The Balaban J connectivity index is 2.40. The minimum Gasteiger partial charge on any atom is -0.377 e. The monoisotopic (exact) mass is 442 g/mol. The van der Waals surface area contributed by atoms with E-state index in [1.54, 1.807) is 0 Å². The SMILES string of the molecule is CN(N)P(=S)(NC(=O)c1c(F)c(F)c(NC2CCCCC2)c(F)c1F)N(C)N. The maximum Gasteiger partial charge on any atom is 0.263 e. The second-order valence-electron chi connectivity index (χ2n) is 6.62. The summed E-state index contributed by atoms with van der Waals surface area (Å²) in [4.78, 5) is 12.4. The Kier molecular flexibility index (Phi) is 7.40. The molecule has 0 aliphatic heterocycles. The van der Waals surface area contributed by atoms with Gasteiger partial charge < -0.3 is 5.32 Å². The van der Waals surface area contributed by atoms with Gasteiger partial charge in [-0.15, -0.1) is 0 Å². The molecule has 1 aromatic carbocycles. The van der Waals surface area contributed by atoms with Crippen LogP contribution in [0.25, 0.3) is 0 Å². The Morgan fingerprint density at radius 1 is 1.00 bits per heavy atom. The first-order valence-electron chi connectivity index (χ1n) is 8.53. The van der Waals surface area contributed by atoms with Crippen LogP contribution in [0.1, 0.15) is 42.5 Å². The lowest BCUT2D eigenvalue weighted by molar-refractivity contribution is 0.0967. The van der Waals surface area contributed by atoms with Crippen LogP contribution in [0, 0.1) is 23.3 Å². The summed E-state index contributed by atoms with van der Waals surface area (Å²) in [6, 6.07) is -0.306. The number of amides is 1. The second-order valence-corrected chi connectivity index (χ2v) is 10.7. The molecule has 0 saturated heterocycles. The number of carbonyl (C=O) groups is 1. The third kappa shape index (κ3) is 4.47. The second kappa shape index (κ2) is 9.02. The van der Waals surface area contributed by atoms with E-state index >= 15 is 0 Å². The maximum absolute atomic E-state index is 14.5. The van der Waals surface area contributed by atoms with Gasteiger partial charge in [-0.2, -0.15) is 9.56 Å². The topological polar surface area (TPSA) is 99.6 Å². The van der Waals surface area contributed by atoms with E-state index in [1.807, 2.05) is 0 Å². The fourth-order valence-electron chi connectivity index (χ4n) is 2.98. The molecule has 7 nitrogen and oxygen atoms in total. The van der Waals surface area contributed by atoms with Crippen molar-refractivity contribution in [2.45, 2.75) is 38.1 Å². The van der Waals surface area contributed by atoms with Gasteiger partial charge in [0.25, 0.3) is 5.91 Å². The molecule has 0 radical (unpaired) electrons. The van der Waals surface area contributed by atoms with Gasteiger partial charge >= 0.3 is 0 Å². The van der Waals surface area contributed by atoms with Crippen LogP contribution in [0.3, 0.4) is 0 Å². The minimum absolute atomic E-state index is 0.306. The standard InChI is InChI=1S/C15H23F4N6OPS/c1-24(20)27(28,25(2)21)23-15(26)9-10(16)12(18)14(13(19)11(9)17)22-8-6-4-3-5-7-8/h8,22H,3-7,20-21H2,1-2H3,(H,23,26,28). The minimum atomic E-state index is -3.33. The fraction of sp³-hybridized carbons (Fsp3) is 0.533. The van der Waals surface area contributed by atoms with E-state index in [-0.39, 0.29) is 6.04 Å². The maximum atomic E-state index is 14.5. The summed E-state index contributed by atoms with van der Waals surface area (Å²) in [6.45, 7) is -3.33. The largest absolute Gasteiger partial charge is 0.377 e. The quantitative estimate of drug-likeness (QED) is 0.177.